The van der Waals surface area contributed by atoms with Gasteiger partial charge >= 0.3 is 5.97 Å². The van der Waals surface area contributed by atoms with Gasteiger partial charge in [-0.25, -0.2) is 4.68 Å². The molecule has 26 heavy (non-hydrogen) atoms. The number of rotatable bonds is 5. The van der Waals surface area contributed by atoms with E-state index in [2.05, 4.69) is 10.3 Å². The molecule has 8 heteroatoms. The molecule has 1 aliphatic rings. The van der Waals surface area contributed by atoms with E-state index in [1.807, 2.05) is 19.1 Å². The third kappa shape index (κ3) is 3.72. The van der Waals surface area contributed by atoms with Crippen LogP contribution in [0.1, 0.15) is 42.4 Å². The first kappa shape index (κ1) is 18.4. The van der Waals surface area contributed by atoms with Crippen molar-refractivity contribution in [1.29, 1.82) is 0 Å². The molecule has 1 unspecified atom stereocenters. The number of likely N-dealkylation sites (tertiary alicyclic amines) is 1. The quantitative estimate of drug-likeness (QED) is 0.866. The van der Waals surface area contributed by atoms with Crippen molar-refractivity contribution < 1.29 is 14.7 Å². The Labute approximate surface area is 156 Å². The minimum Gasteiger partial charge on any atom is -0.481 e. The Balaban J connectivity index is 1.92. The fraction of sp³-hybridized carbons (Fsp3) is 0.444. The van der Waals surface area contributed by atoms with Crippen LogP contribution in [-0.2, 0) is 11.2 Å². The maximum absolute atomic E-state index is 13.0. The normalized spacial score (nSPS) is 17.3. The fourth-order valence-corrected chi connectivity index (χ4v) is 3.44. The first-order valence-corrected chi connectivity index (χ1v) is 9.11. The monoisotopic (exact) mass is 376 g/mol. The van der Waals surface area contributed by atoms with Crippen molar-refractivity contribution in [3.05, 3.63) is 40.7 Å². The average Bonchev–Trinajstić information content (AvgIpc) is 3.05. The van der Waals surface area contributed by atoms with Gasteiger partial charge in [-0.3, -0.25) is 9.59 Å². The van der Waals surface area contributed by atoms with E-state index in [0.717, 1.165) is 17.8 Å². The van der Waals surface area contributed by atoms with E-state index < -0.39 is 11.9 Å². The maximum Gasteiger partial charge on any atom is 0.308 e. The van der Waals surface area contributed by atoms with Gasteiger partial charge < -0.3 is 10.0 Å². The lowest BCUT2D eigenvalue weighted by Gasteiger charge is -2.30. The highest BCUT2D eigenvalue weighted by atomic mass is 35.5. The Morgan fingerprint density at radius 2 is 2.19 bits per heavy atom. The number of carboxylic acid groups (broad SMARTS) is 1. The van der Waals surface area contributed by atoms with Crippen molar-refractivity contribution in [3.8, 4) is 5.69 Å². The van der Waals surface area contributed by atoms with Crippen molar-refractivity contribution in [2.24, 2.45) is 5.92 Å². The summed E-state index contributed by atoms with van der Waals surface area (Å²) in [4.78, 5) is 25.8. The SMILES string of the molecule is CCCc1c(C(=O)N2CCCC(C(=O)O)C2)nnn1-c1cccc(Cl)c1. The zero-order chi connectivity index (χ0) is 18.7. The number of carbonyl (C=O) groups is 2. The summed E-state index contributed by atoms with van der Waals surface area (Å²) < 4.78 is 1.64. The lowest BCUT2D eigenvalue weighted by atomic mass is 9.98. The zero-order valence-electron chi connectivity index (χ0n) is 14.6. The van der Waals surface area contributed by atoms with E-state index in [0.29, 0.717) is 30.8 Å². The van der Waals surface area contributed by atoms with E-state index >= 15 is 0 Å². The molecular weight excluding hydrogens is 356 g/mol. The molecule has 0 saturated carbocycles. The van der Waals surface area contributed by atoms with Crippen LogP contribution in [0.5, 0.6) is 0 Å². The summed E-state index contributed by atoms with van der Waals surface area (Å²) in [6.07, 6.45) is 2.73. The number of hydrogen-bond acceptors (Lipinski definition) is 4. The second kappa shape index (κ2) is 7.86. The van der Waals surface area contributed by atoms with E-state index in [1.165, 1.54) is 0 Å². The van der Waals surface area contributed by atoms with Gasteiger partial charge in [0.15, 0.2) is 5.69 Å². The van der Waals surface area contributed by atoms with E-state index in [9.17, 15) is 14.7 Å². The number of benzene rings is 1. The Hall–Kier alpha value is -2.41. The van der Waals surface area contributed by atoms with Crippen LogP contribution in [-0.4, -0.2) is 50.0 Å². The van der Waals surface area contributed by atoms with Gasteiger partial charge in [0.2, 0.25) is 0 Å². The third-order valence-corrected chi connectivity index (χ3v) is 4.80. The van der Waals surface area contributed by atoms with Gasteiger partial charge in [0.1, 0.15) is 0 Å². The van der Waals surface area contributed by atoms with Gasteiger partial charge in [0, 0.05) is 18.1 Å². The van der Waals surface area contributed by atoms with E-state index in [1.54, 1.807) is 21.7 Å². The number of carbonyl (C=O) groups excluding carboxylic acids is 1. The molecule has 1 aromatic carbocycles. The summed E-state index contributed by atoms with van der Waals surface area (Å²) in [5.41, 5.74) is 1.75. The van der Waals surface area contributed by atoms with E-state index in [4.69, 9.17) is 11.6 Å². The molecule has 0 aliphatic carbocycles. The number of amides is 1. The van der Waals surface area contributed by atoms with Crippen molar-refractivity contribution in [2.75, 3.05) is 13.1 Å². The molecule has 1 aliphatic heterocycles. The summed E-state index contributed by atoms with van der Waals surface area (Å²) in [6, 6.07) is 7.21. The predicted octanol–water partition coefficient (Wildman–Crippen LogP) is 2.81. The fourth-order valence-electron chi connectivity index (χ4n) is 3.26. The van der Waals surface area contributed by atoms with Crippen LogP contribution >= 0.6 is 11.6 Å². The molecule has 2 heterocycles. The zero-order valence-corrected chi connectivity index (χ0v) is 15.3. The third-order valence-electron chi connectivity index (χ3n) is 4.56. The summed E-state index contributed by atoms with van der Waals surface area (Å²) in [6.45, 7) is 2.77. The molecule has 2 aromatic rings. The summed E-state index contributed by atoms with van der Waals surface area (Å²) in [7, 11) is 0. The smallest absolute Gasteiger partial charge is 0.308 e. The number of piperidine rings is 1. The summed E-state index contributed by atoms with van der Waals surface area (Å²) in [5.74, 6) is -1.64. The molecular formula is C18H21ClN4O3. The second-order valence-electron chi connectivity index (χ2n) is 6.45. The molecule has 0 radical (unpaired) electrons. The van der Waals surface area contributed by atoms with Crippen LogP contribution in [0.2, 0.25) is 5.02 Å². The number of aromatic nitrogens is 3. The predicted molar refractivity (Wildman–Crippen MR) is 96.6 cm³/mol. The van der Waals surface area contributed by atoms with Crippen LogP contribution in [0.15, 0.2) is 24.3 Å². The highest BCUT2D eigenvalue weighted by Crippen LogP contribution is 2.22. The Morgan fingerprint density at radius 1 is 1.38 bits per heavy atom. The molecule has 1 aromatic heterocycles. The number of nitrogens with zero attached hydrogens (tertiary/aromatic N) is 4. The minimum atomic E-state index is -0.862. The van der Waals surface area contributed by atoms with Gasteiger partial charge in [-0.1, -0.05) is 36.2 Å². The molecule has 1 amide bonds. The van der Waals surface area contributed by atoms with Gasteiger partial charge in [-0.15, -0.1) is 5.10 Å². The first-order valence-electron chi connectivity index (χ1n) is 8.73. The van der Waals surface area contributed by atoms with Gasteiger partial charge in [0.25, 0.3) is 5.91 Å². The van der Waals surface area contributed by atoms with Gasteiger partial charge in [0.05, 0.1) is 17.3 Å². The topological polar surface area (TPSA) is 88.3 Å². The van der Waals surface area contributed by atoms with Gasteiger partial charge in [-0.2, -0.15) is 0 Å². The molecule has 1 saturated heterocycles. The average molecular weight is 377 g/mol. The molecule has 1 fully saturated rings. The van der Waals surface area contributed by atoms with Crippen molar-refractivity contribution in [1.82, 2.24) is 19.9 Å². The highest BCUT2D eigenvalue weighted by Gasteiger charge is 2.31. The van der Waals surface area contributed by atoms with Crippen molar-refractivity contribution in [3.63, 3.8) is 0 Å². The Bertz CT molecular complexity index is 821. The van der Waals surface area contributed by atoms with Crippen molar-refractivity contribution in [2.45, 2.75) is 32.6 Å². The Kier molecular flexibility index (Phi) is 5.56. The van der Waals surface area contributed by atoms with Crippen LogP contribution in [0.4, 0.5) is 0 Å². The number of hydrogen-bond donors (Lipinski definition) is 1. The number of carboxylic acids is 1. The van der Waals surface area contributed by atoms with Crippen LogP contribution in [0.25, 0.3) is 5.69 Å². The number of aliphatic carboxylic acids is 1. The minimum absolute atomic E-state index is 0.212. The van der Waals surface area contributed by atoms with Crippen LogP contribution in [0.3, 0.4) is 0 Å². The molecule has 1 atom stereocenters. The Morgan fingerprint density at radius 3 is 2.88 bits per heavy atom. The lowest BCUT2D eigenvalue weighted by molar-refractivity contribution is -0.143. The molecule has 0 bridgehead atoms. The largest absolute Gasteiger partial charge is 0.481 e. The molecule has 7 nitrogen and oxygen atoms in total. The highest BCUT2D eigenvalue weighted by molar-refractivity contribution is 6.30. The number of halogens is 1. The molecule has 138 valence electrons. The maximum atomic E-state index is 13.0. The van der Waals surface area contributed by atoms with E-state index in [-0.39, 0.29) is 18.1 Å². The first-order chi connectivity index (χ1) is 12.5. The summed E-state index contributed by atoms with van der Waals surface area (Å²) >= 11 is 6.07. The second-order valence-corrected chi connectivity index (χ2v) is 6.89. The standard InChI is InChI=1S/C18H21ClN4O3/c1-2-5-15-16(17(24)22-9-4-6-12(11-22)18(25)26)20-21-23(15)14-8-3-7-13(19)10-14/h3,7-8,10,12H,2,4-6,9,11H2,1H3,(H,25,26). The van der Waals surface area contributed by atoms with Gasteiger partial charge in [-0.05, 0) is 37.5 Å². The summed E-state index contributed by atoms with van der Waals surface area (Å²) in [5, 5.41) is 18.1. The van der Waals surface area contributed by atoms with Crippen LogP contribution in [0, 0.1) is 5.92 Å². The lowest BCUT2D eigenvalue weighted by Crippen LogP contribution is -2.42. The molecule has 0 spiro atoms. The van der Waals surface area contributed by atoms with Crippen LogP contribution < -0.4 is 0 Å². The molecule has 3 rings (SSSR count). The van der Waals surface area contributed by atoms with Crippen molar-refractivity contribution >= 4 is 23.5 Å². The molecule has 1 N–H and O–H groups in total.